The normalized spacial score (nSPS) is 17.8. The molecule has 0 aromatic heterocycles. The van der Waals surface area contributed by atoms with Gasteiger partial charge in [0, 0.05) is 36.6 Å². The number of hydrogen-bond acceptors (Lipinski definition) is 4. The van der Waals surface area contributed by atoms with Gasteiger partial charge in [0.2, 0.25) is 0 Å². The summed E-state index contributed by atoms with van der Waals surface area (Å²) in [6, 6.07) is 82.6. The molecule has 18 rings (SSSR count). The summed E-state index contributed by atoms with van der Waals surface area (Å²) < 4.78 is 28.3. The lowest BCUT2D eigenvalue weighted by Gasteiger charge is -2.24. The molecule has 0 radical (unpaired) electrons. The lowest BCUT2D eigenvalue weighted by Crippen LogP contribution is -2.11. The zero-order chi connectivity index (χ0) is 80.6. The summed E-state index contributed by atoms with van der Waals surface area (Å²) in [6.45, 7) is 29.6. The molecule has 4 bridgehead atoms. The Hall–Kier alpha value is -9.71. The van der Waals surface area contributed by atoms with Gasteiger partial charge in [0.05, 0.1) is 21.3 Å². The Balaban J connectivity index is 0.000000128. The third kappa shape index (κ3) is 22.2. The molecule has 590 valence electrons. The quantitative estimate of drug-likeness (QED) is 0.159. The van der Waals surface area contributed by atoms with Crippen LogP contribution in [0.2, 0.25) is 0 Å². The maximum Gasteiger partial charge on any atom is 0.129 e. The minimum atomic E-state index is -0.0781. The van der Waals surface area contributed by atoms with E-state index in [0.717, 1.165) is 80.9 Å². The molecular weight excluding hydrogens is 1380 g/mol. The first-order chi connectivity index (χ1) is 54.2. The fourth-order valence-corrected chi connectivity index (χ4v) is 19.0. The van der Waals surface area contributed by atoms with E-state index in [4.69, 9.17) is 14.2 Å². The Labute approximate surface area is 678 Å². The number of rotatable bonds is 7. The maximum absolute atomic E-state index is 12.9. The van der Waals surface area contributed by atoms with Crippen LogP contribution in [0.15, 0.2) is 231 Å². The molecular formula is C108H128FNO3. The molecule has 0 spiro atoms. The van der Waals surface area contributed by atoms with Crippen LogP contribution < -0.4 is 19.1 Å². The highest BCUT2D eigenvalue weighted by Crippen LogP contribution is 2.55. The summed E-state index contributed by atoms with van der Waals surface area (Å²) in [5.74, 6) is 9.14. The Morgan fingerprint density at radius 3 is 1.33 bits per heavy atom. The number of nitrogens with zero attached hydrogens (tertiary/aromatic N) is 1. The molecule has 5 heteroatoms. The lowest BCUT2D eigenvalue weighted by atomic mass is 9.81. The third-order valence-electron chi connectivity index (χ3n) is 24.3. The SMILES string of the molecule is COc1cc(C)cc(OC)c1.COc1cc(C)cc2ccccc12.Cc1cc(C)c(F)c(C)c1.Cc1cc(C)cc(C2CC3CCC2C3)c1.Cc1cc(C2CC3CCC2C3)c2ccccc2c1.Cc1cc(N(C)C)c2ccccc2c1.Cc1ccc2cccc(C(C)(C)C)c2c1.Cc1ccc2cccc(C3CCCCC3)c2c1. The highest BCUT2D eigenvalue weighted by molar-refractivity contribution is 5.95. The van der Waals surface area contributed by atoms with Crippen LogP contribution in [0.25, 0.3) is 53.9 Å². The molecule has 113 heavy (non-hydrogen) atoms. The van der Waals surface area contributed by atoms with Crippen LogP contribution >= 0.6 is 0 Å². The van der Waals surface area contributed by atoms with Crippen LogP contribution in [-0.4, -0.2) is 35.4 Å². The Morgan fingerprint density at radius 2 is 0.796 bits per heavy atom. The number of methoxy groups -OCH3 is 3. The number of benzene rings is 13. The zero-order valence-electron chi connectivity index (χ0n) is 71.7. The number of ether oxygens (including phenoxy) is 3. The molecule has 6 unspecified atom stereocenters. The number of anilines is 1. The Kier molecular flexibility index (Phi) is 29.0. The van der Waals surface area contributed by atoms with E-state index in [9.17, 15) is 4.39 Å². The second kappa shape index (κ2) is 38.9. The lowest BCUT2D eigenvalue weighted by molar-refractivity contribution is 0.394. The van der Waals surface area contributed by atoms with E-state index in [2.05, 4.69) is 276 Å². The third-order valence-corrected chi connectivity index (χ3v) is 24.3. The minimum absolute atomic E-state index is 0.0781. The van der Waals surface area contributed by atoms with E-state index < -0.39 is 0 Å². The molecule has 13 aromatic carbocycles. The average molecular weight is 1510 g/mol. The van der Waals surface area contributed by atoms with Gasteiger partial charge in [-0.1, -0.05) is 286 Å². The molecule has 6 atom stereocenters. The highest BCUT2D eigenvalue weighted by atomic mass is 19.1. The van der Waals surface area contributed by atoms with Crippen LogP contribution in [0.1, 0.15) is 205 Å². The van der Waals surface area contributed by atoms with Gasteiger partial charge in [-0.25, -0.2) is 4.39 Å². The van der Waals surface area contributed by atoms with Crippen LogP contribution in [0.3, 0.4) is 0 Å². The van der Waals surface area contributed by atoms with Crippen LogP contribution in [0.4, 0.5) is 10.1 Å². The topological polar surface area (TPSA) is 30.9 Å². The summed E-state index contributed by atoms with van der Waals surface area (Å²) in [4.78, 5) is 2.16. The van der Waals surface area contributed by atoms with E-state index in [1.54, 1.807) is 51.9 Å². The Bertz CT molecular complexity index is 5270. The monoisotopic (exact) mass is 1510 g/mol. The van der Waals surface area contributed by atoms with E-state index in [0.29, 0.717) is 0 Å². The van der Waals surface area contributed by atoms with Crippen LogP contribution in [-0.2, 0) is 5.41 Å². The predicted molar refractivity (Wildman–Crippen MR) is 486 cm³/mol. The second-order valence-electron chi connectivity index (χ2n) is 34.9. The summed E-state index contributed by atoms with van der Waals surface area (Å²) in [5, 5.41) is 13.6. The van der Waals surface area contributed by atoms with Crippen molar-refractivity contribution in [3.05, 3.63) is 320 Å². The molecule has 0 heterocycles. The summed E-state index contributed by atoms with van der Waals surface area (Å²) in [7, 11) is 9.17. The van der Waals surface area contributed by atoms with Gasteiger partial charge in [0.1, 0.15) is 23.1 Å². The van der Waals surface area contributed by atoms with Gasteiger partial charge in [-0.05, 0) is 292 Å². The van der Waals surface area contributed by atoms with Crippen molar-refractivity contribution >= 4 is 59.5 Å². The molecule has 4 nitrogen and oxygen atoms in total. The van der Waals surface area contributed by atoms with Crippen molar-refractivity contribution in [3.63, 3.8) is 0 Å². The predicted octanol–water partition coefficient (Wildman–Crippen LogP) is 30.0. The van der Waals surface area contributed by atoms with Gasteiger partial charge in [-0.15, -0.1) is 0 Å². The maximum atomic E-state index is 12.9. The molecule has 5 saturated carbocycles. The van der Waals surface area contributed by atoms with Crippen molar-refractivity contribution in [2.75, 3.05) is 40.3 Å². The van der Waals surface area contributed by atoms with Gasteiger partial charge < -0.3 is 19.1 Å². The minimum Gasteiger partial charge on any atom is -0.497 e. The molecule has 13 aromatic rings. The number of aryl methyl sites for hydroxylation is 11. The van der Waals surface area contributed by atoms with Gasteiger partial charge >= 0.3 is 0 Å². The largest absolute Gasteiger partial charge is 0.497 e. The first-order valence-electron chi connectivity index (χ1n) is 41.9. The molecule has 0 aliphatic heterocycles. The molecule has 0 N–H and O–H groups in total. The van der Waals surface area contributed by atoms with E-state index >= 15 is 0 Å². The standard InChI is InChI=1S/C18H20.C17H20.C15H20.C15H18.C13H15N.C12H12O.C9H11F.C9H12O2/c1-12-8-14-4-2-3-5-16(14)18(9-12)17-11-13-6-7-15(17)10-13;1-13-10-11-15-8-5-9-16(17(15)12-13)14-6-3-2-4-7-14;1-10-5-11(2)7-14(6-10)15-9-12-3-4-13(15)8-12;1-11-8-9-12-6-5-7-14(13(12)10-11)15(2,3)4;1-10-8-11-6-4-5-7-12(11)13(9-10)14(2)3;1-9-7-10-5-3-4-6-11(10)12(8-9)13-2;1-6-4-7(2)9(10)8(3)5-6;1-7-4-8(10-2)6-9(5-7)11-3/h2-5,8-9,13,15,17H,6-7,10-11H2,1H3;5,8-12,14H,2-4,6-7H2,1H3;5-7,12-13,15H,3-4,8-9H2,1-2H3;5-10H,1-4H3;4-9H,1-3H3;3-8H,1-2H3;4-5H,1-3H3;4-6H,1-3H3. The average Bonchev–Trinajstić information content (AvgIpc) is 1.70. The van der Waals surface area contributed by atoms with E-state index in [1.807, 2.05) is 56.3 Å². The Morgan fingerprint density at radius 1 is 0.336 bits per heavy atom. The molecule has 5 fully saturated rings. The van der Waals surface area contributed by atoms with Crippen molar-refractivity contribution in [3.8, 4) is 17.2 Å². The van der Waals surface area contributed by atoms with Gasteiger partial charge in [-0.3, -0.25) is 0 Å². The fourth-order valence-electron chi connectivity index (χ4n) is 19.0. The van der Waals surface area contributed by atoms with Crippen LogP contribution in [0, 0.1) is 106 Å². The van der Waals surface area contributed by atoms with E-state index in [-0.39, 0.29) is 11.2 Å². The number of halogens is 1. The number of hydrogen-bond donors (Lipinski definition) is 0. The number of fused-ring (bicyclic) bond motifs is 9. The summed E-state index contributed by atoms with van der Waals surface area (Å²) >= 11 is 0. The molecule has 0 saturated heterocycles. The van der Waals surface area contributed by atoms with E-state index in [1.165, 1.54) is 188 Å². The smallest absolute Gasteiger partial charge is 0.129 e. The zero-order valence-corrected chi connectivity index (χ0v) is 71.7. The fraction of sp³-hybridized carbons (Fsp3) is 0.370. The van der Waals surface area contributed by atoms with Crippen molar-refractivity contribution in [1.82, 2.24) is 0 Å². The highest BCUT2D eigenvalue weighted by Gasteiger charge is 2.41. The molecule has 5 aliphatic rings. The summed E-state index contributed by atoms with van der Waals surface area (Å²) in [5.41, 5.74) is 21.1. The molecule has 0 amide bonds. The van der Waals surface area contributed by atoms with Crippen molar-refractivity contribution < 1.29 is 18.6 Å². The van der Waals surface area contributed by atoms with Gasteiger partial charge in [0.25, 0.3) is 0 Å². The molecule has 5 aliphatic carbocycles. The van der Waals surface area contributed by atoms with Gasteiger partial charge in [0.15, 0.2) is 0 Å². The van der Waals surface area contributed by atoms with Crippen LogP contribution in [0.5, 0.6) is 17.2 Å². The summed E-state index contributed by atoms with van der Waals surface area (Å²) in [6.07, 6.45) is 18.9. The first kappa shape index (κ1) is 84.2. The van der Waals surface area contributed by atoms with Crippen molar-refractivity contribution in [1.29, 1.82) is 0 Å². The van der Waals surface area contributed by atoms with Crippen molar-refractivity contribution in [2.24, 2.45) is 23.7 Å². The first-order valence-corrected chi connectivity index (χ1v) is 41.9. The van der Waals surface area contributed by atoms with Gasteiger partial charge in [-0.2, -0.15) is 0 Å². The van der Waals surface area contributed by atoms with Crippen molar-refractivity contribution in [2.45, 2.75) is 204 Å². The second-order valence-corrected chi connectivity index (χ2v) is 34.9.